The highest BCUT2D eigenvalue weighted by Crippen LogP contribution is 2.34. The van der Waals surface area contributed by atoms with Crippen LogP contribution in [-0.2, 0) is 0 Å². The Morgan fingerprint density at radius 2 is 1.78 bits per heavy atom. The highest BCUT2D eigenvalue weighted by Gasteiger charge is 2.25. The van der Waals surface area contributed by atoms with E-state index in [2.05, 4.69) is 5.43 Å². The first kappa shape index (κ1) is 13.4. The minimum atomic E-state index is -0.416. The van der Waals surface area contributed by atoms with Gasteiger partial charge in [0.25, 0.3) is 0 Å². The first-order chi connectivity index (χ1) is 8.72. The predicted molar refractivity (Wildman–Crippen MR) is 67.6 cm³/mol. The number of hydrogen-bond donors (Lipinski definition) is 2. The summed E-state index contributed by atoms with van der Waals surface area (Å²) in [6.45, 7) is 0. The van der Waals surface area contributed by atoms with Crippen LogP contribution in [0.25, 0.3) is 0 Å². The van der Waals surface area contributed by atoms with Crippen LogP contribution in [0.15, 0.2) is 18.2 Å². The average molecular weight is 254 g/mol. The van der Waals surface area contributed by atoms with Crippen molar-refractivity contribution in [2.24, 2.45) is 11.8 Å². The van der Waals surface area contributed by atoms with E-state index in [1.165, 1.54) is 25.0 Å². The van der Waals surface area contributed by atoms with Crippen molar-refractivity contribution >= 4 is 0 Å². The van der Waals surface area contributed by atoms with Crippen LogP contribution >= 0.6 is 0 Å². The summed E-state index contributed by atoms with van der Waals surface area (Å²) >= 11 is 0. The van der Waals surface area contributed by atoms with E-state index < -0.39 is 5.82 Å². The Kier molecular flexibility index (Phi) is 4.66. The van der Waals surface area contributed by atoms with E-state index >= 15 is 0 Å². The summed E-state index contributed by atoms with van der Waals surface area (Å²) in [5, 5.41) is 0. The molecule has 0 spiro atoms. The normalized spacial score (nSPS) is 19.5. The minimum absolute atomic E-state index is 0.286. The second kappa shape index (κ2) is 6.25. The Hall–Kier alpha value is -1.00. The van der Waals surface area contributed by atoms with Gasteiger partial charge in [-0.2, -0.15) is 0 Å². The summed E-state index contributed by atoms with van der Waals surface area (Å²) in [4.78, 5) is 0. The first-order valence-corrected chi connectivity index (χ1v) is 6.63. The molecular weight excluding hydrogens is 234 g/mol. The van der Waals surface area contributed by atoms with Crippen LogP contribution in [0, 0.1) is 17.6 Å². The zero-order valence-electron chi connectivity index (χ0n) is 10.5. The number of nitrogens with one attached hydrogen (secondary N) is 1. The smallest absolute Gasteiger partial charge is 0.128 e. The van der Waals surface area contributed by atoms with Crippen molar-refractivity contribution in [3.8, 4) is 0 Å². The lowest BCUT2D eigenvalue weighted by Crippen LogP contribution is -2.34. The molecule has 0 aromatic heterocycles. The van der Waals surface area contributed by atoms with Crippen LogP contribution in [0.2, 0.25) is 0 Å². The molecule has 1 saturated carbocycles. The average Bonchev–Trinajstić information content (AvgIpc) is 2.64. The van der Waals surface area contributed by atoms with Gasteiger partial charge in [-0.1, -0.05) is 25.7 Å². The van der Waals surface area contributed by atoms with Gasteiger partial charge in [-0.15, -0.1) is 0 Å². The number of nitrogens with two attached hydrogens (primary N) is 1. The van der Waals surface area contributed by atoms with E-state index in [9.17, 15) is 8.78 Å². The molecule has 1 aliphatic rings. The fourth-order valence-electron chi connectivity index (χ4n) is 2.88. The van der Waals surface area contributed by atoms with Gasteiger partial charge in [-0.3, -0.25) is 11.3 Å². The summed E-state index contributed by atoms with van der Waals surface area (Å²) in [6.07, 6.45) is 6.76. The van der Waals surface area contributed by atoms with Crippen LogP contribution in [-0.4, -0.2) is 0 Å². The fraction of sp³-hybridized carbons (Fsp3) is 0.571. The van der Waals surface area contributed by atoms with Gasteiger partial charge in [-0.25, -0.2) is 8.78 Å². The molecule has 18 heavy (non-hydrogen) atoms. The number of hydrazine groups is 1. The quantitative estimate of drug-likeness (QED) is 0.492. The summed E-state index contributed by atoms with van der Waals surface area (Å²) in [7, 11) is 0. The molecule has 2 rings (SSSR count). The summed E-state index contributed by atoms with van der Waals surface area (Å²) in [6, 6.07) is 3.27. The van der Waals surface area contributed by atoms with Crippen molar-refractivity contribution in [1.82, 2.24) is 5.43 Å². The van der Waals surface area contributed by atoms with Crippen LogP contribution < -0.4 is 11.3 Å². The van der Waals surface area contributed by atoms with Crippen molar-refractivity contribution in [3.63, 3.8) is 0 Å². The lowest BCUT2D eigenvalue weighted by molar-refractivity contribution is 0.320. The largest absolute Gasteiger partial charge is 0.271 e. The van der Waals surface area contributed by atoms with E-state index in [0.717, 1.165) is 31.7 Å². The molecule has 1 aromatic carbocycles. The second-order valence-electron chi connectivity index (χ2n) is 5.06. The van der Waals surface area contributed by atoms with Crippen LogP contribution in [0.4, 0.5) is 8.78 Å². The molecule has 1 aliphatic carbocycles. The molecule has 3 N–H and O–H groups in total. The standard InChI is InChI=1S/C14H20F2N2/c15-11-7-8-13(16)12(9-11)14(18-17)10-5-3-1-2-4-6-10/h7-10,14,18H,1-6,17H2. The molecule has 2 nitrogen and oxygen atoms in total. The van der Waals surface area contributed by atoms with Crippen molar-refractivity contribution in [2.45, 2.75) is 44.6 Å². The van der Waals surface area contributed by atoms with E-state index in [1.807, 2.05) is 0 Å². The minimum Gasteiger partial charge on any atom is -0.271 e. The molecule has 0 heterocycles. The third-order valence-electron chi connectivity index (χ3n) is 3.84. The first-order valence-electron chi connectivity index (χ1n) is 6.63. The summed E-state index contributed by atoms with van der Waals surface area (Å²) < 4.78 is 27.1. The van der Waals surface area contributed by atoms with Gasteiger partial charge < -0.3 is 0 Å². The highest BCUT2D eigenvalue weighted by atomic mass is 19.1. The topological polar surface area (TPSA) is 38.0 Å². The van der Waals surface area contributed by atoms with Gasteiger partial charge in [-0.05, 0) is 37.0 Å². The van der Waals surface area contributed by atoms with Crippen molar-refractivity contribution in [1.29, 1.82) is 0 Å². The lowest BCUT2D eigenvalue weighted by Gasteiger charge is -2.26. The number of benzene rings is 1. The Morgan fingerprint density at radius 1 is 1.11 bits per heavy atom. The molecule has 1 atom stereocenters. The monoisotopic (exact) mass is 254 g/mol. The van der Waals surface area contributed by atoms with Gasteiger partial charge >= 0.3 is 0 Å². The third-order valence-corrected chi connectivity index (χ3v) is 3.84. The summed E-state index contributed by atoms with van der Waals surface area (Å²) in [5.41, 5.74) is 3.03. The van der Waals surface area contributed by atoms with E-state index in [0.29, 0.717) is 5.56 Å². The maximum atomic E-state index is 13.8. The maximum absolute atomic E-state index is 13.8. The Labute approximate surface area is 107 Å². The molecule has 1 fully saturated rings. The van der Waals surface area contributed by atoms with Crippen LogP contribution in [0.1, 0.15) is 50.1 Å². The molecule has 0 aliphatic heterocycles. The number of halogens is 2. The molecule has 1 aromatic rings. The van der Waals surface area contributed by atoms with E-state index in [4.69, 9.17) is 5.84 Å². The SMILES string of the molecule is NNC(c1cc(F)ccc1F)C1CCCCCC1. The van der Waals surface area contributed by atoms with Gasteiger partial charge in [0.15, 0.2) is 0 Å². The zero-order chi connectivity index (χ0) is 13.0. The highest BCUT2D eigenvalue weighted by molar-refractivity contribution is 5.23. The molecular formula is C14H20F2N2. The lowest BCUT2D eigenvalue weighted by atomic mass is 9.87. The molecule has 100 valence electrons. The second-order valence-corrected chi connectivity index (χ2v) is 5.06. The van der Waals surface area contributed by atoms with Crippen molar-refractivity contribution in [2.75, 3.05) is 0 Å². The van der Waals surface area contributed by atoms with Gasteiger partial charge in [0.2, 0.25) is 0 Å². The van der Waals surface area contributed by atoms with Gasteiger partial charge in [0, 0.05) is 5.56 Å². The van der Waals surface area contributed by atoms with Crippen molar-refractivity contribution < 1.29 is 8.78 Å². The van der Waals surface area contributed by atoms with Gasteiger partial charge in [0.05, 0.1) is 6.04 Å². The Balaban J connectivity index is 2.23. The van der Waals surface area contributed by atoms with Crippen molar-refractivity contribution in [3.05, 3.63) is 35.4 Å². The number of rotatable bonds is 3. The number of hydrogen-bond acceptors (Lipinski definition) is 2. The molecule has 0 radical (unpaired) electrons. The Morgan fingerprint density at radius 3 is 2.39 bits per heavy atom. The zero-order valence-corrected chi connectivity index (χ0v) is 10.5. The predicted octanol–water partition coefficient (Wildman–Crippen LogP) is 3.44. The molecule has 1 unspecified atom stereocenters. The summed E-state index contributed by atoms with van der Waals surface area (Å²) in [5.74, 6) is 5.05. The Bertz CT molecular complexity index is 387. The van der Waals surface area contributed by atoms with E-state index in [1.54, 1.807) is 0 Å². The van der Waals surface area contributed by atoms with Crippen LogP contribution in [0.3, 0.4) is 0 Å². The van der Waals surface area contributed by atoms with E-state index in [-0.39, 0.29) is 17.8 Å². The van der Waals surface area contributed by atoms with Gasteiger partial charge in [0.1, 0.15) is 11.6 Å². The van der Waals surface area contributed by atoms with Crippen LogP contribution in [0.5, 0.6) is 0 Å². The molecule has 0 saturated heterocycles. The molecule has 0 bridgehead atoms. The fourth-order valence-corrected chi connectivity index (χ4v) is 2.88. The third kappa shape index (κ3) is 3.06. The molecule has 0 amide bonds. The maximum Gasteiger partial charge on any atom is 0.128 e. The molecule has 4 heteroatoms.